The van der Waals surface area contributed by atoms with E-state index in [1.54, 1.807) is 24.2 Å². The summed E-state index contributed by atoms with van der Waals surface area (Å²) in [6.45, 7) is 0. The van der Waals surface area contributed by atoms with E-state index in [4.69, 9.17) is 0 Å². The summed E-state index contributed by atoms with van der Waals surface area (Å²) < 4.78 is 29.6. The van der Waals surface area contributed by atoms with Gasteiger partial charge in [-0.1, -0.05) is 18.0 Å². The highest BCUT2D eigenvalue weighted by molar-refractivity contribution is 7.97. The van der Waals surface area contributed by atoms with Gasteiger partial charge in [-0.2, -0.15) is 10.3 Å². The van der Waals surface area contributed by atoms with Gasteiger partial charge in [0, 0.05) is 24.1 Å². The molecule has 2 N–H and O–H groups in total. The van der Waals surface area contributed by atoms with Crippen LogP contribution in [0, 0.1) is 11.6 Å². The van der Waals surface area contributed by atoms with Crippen LogP contribution in [0.25, 0.3) is 11.2 Å². The Labute approximate surface area is 147 Å². The molecule has 3 aromatic rings. The Morgan fingerprint density at radius 2 is 2.16 bits per heavy atom. The van der Waals surface area contributed by atoms with Crippen molar-refractivity contribution in [3.63, 3.8) is 0 Å². The smallest absolute Gasteiger partial charge is 0.204 e. The summed E-state index contributed by atoms with van der Waals surface area (Å²) in [5, 5.41) is 10.4. The highest BCUT2D eigenvalue weighted by Gasteiger charge is 2.38. The van der Waals surface area contributed by atoms with Gasteiger partial charge in [0.05, 0.1) is 6.20 Å². The van der Waals surface area contributed by atoms with E-state index in [9.17, 15) is 8.78 Å². The molecule has 0 aliphatic heterocycles. The average molecular weight is 362 g/mol. The largest absolute Gasteiger partial charge is 0.260 e. The van der Waals surface area contributed by atoms with Gasteiger partial charge in [-0.3, -0.25) is 4.72 Å². The summed E-state index contributed by atoms with van der Waals surface area (Å²) in [6.07, 6.45) is 4.32. The zero-order valence-electron chi connectivity index (χ0n) is 13.2. The molecule has 1 aliphatic rings. The van der Waals surface area contributed by atoms with Crippen LogP contribution in [0.2, 0.25) is 0 Å². The molecule has 2 heterocycles. The van der Waals surface area contributed by atoms with Crippen LogP contribution in [-0.4, -0.2) is 37.2 Å². The fourth-order valence-corrected chi connectivity index (χ4v) is 3.60. The highest BCUT2D eigenvalue weighted by Crippen LogP contribution is 2.42. The Hall–Kier alpha value is -2.13. The fourth-order valence-electron chi connectivity index (χ4n) is 2.71. The Bertz CT molecular complexity index is 886. The molecule has 130 valence electrons. The van der Waals surface area contributed by atoms with Gasteiger partial charge in [-0.25, -0.2) is 18.7 Å². The van der Waals surface area contributed by atoms with E-state index in [-0.39, 0.29) is 5.92 Å². The average Bonchev–Trinajstić information content (AvgIpc) is 3.23. The van der Waals surface area contributed by atoms with E-state index in [1.807, 2.05) is 0 Å². The number of nitrogens with zero attached hydrogens (tertiary/aromatic N) is 4. The van der Waals surface area contributed by atoms with Crippen molar-refractivity contribution in [2.24, 2.45) is 0 Å². The van der Waals surface area contributed by atoms with Crippen molar-refractivity contribution < 1.29 is 8.78 Å². The zero-order valence-corrected chi connectivity index (χ0v) is 14.1. The lowest BCUT2D eigenvalue weighted by molar-refractivity contribution is 0.507. The maximum absolute atomic E-state index is 13.3. The Kier molecular flexibility index (Phi) is 4.58. The molecule has 1 fully saturated rings. The van der Waals surface area contributed by atoms with Gasteiger partial charge in [0.2, 0.25) is 5.65 Å². The first-order chi connectivity index (χ1) is 12.2. The predicted octanol–water partition coefficient (Wildman–Crippen LogP) is 2.75. The van der Waals surface area contributed by atoms with Crippen molar-refractivity contribution in [2.45, 2.75) is 31.2 Å². The molecule has 0 saturated heterocycles. The molecule has 0 unspecified atom stereocenters. The molecule has 2 atom stereocenters. The molecular weight excluding hydrogens is 346 g/mol. The number of rotatable bonds is 7. The third-order valence-corrected chi connectivity index (χ3v) is 5.13. The molecule has 4 rings (SSSR count). The van der Waals surface area contributed by atoms with Gasteiger partial charge in [-0.15, -0.1) is 5.10 Å². The number of fused-ring (bicyclic) bond motifs is 1. The lowest BCUT2D eigenvalue weighted by Gasteiger charge is -2.04. The number of hydrogen-bond acceptors (Lipinski definition) is 6. The topological polar surface area (TPSA) is 79.4 Å². The van der Waals surface area contributed by atoms with Crippen LogP contribution < -0.4 is 4.72 Å². The predicted molar refractivity (Wildman–Crippen MR) is 90.9 cm³/mol. The number of aromatic nitrogens is 5. The van der Waals surface area contributed by atoms with Crippen LogP contribution >= 0.6 is 11.9 Å². The van der Waals surface area contributed by atoms with Gasteiger partial charge < -0.3 is 0 Å². The van der Waals surface area contributed by atoms with Gasteiger partial charge in [0.25, 0.3) is 0 Å². The first-order valence-corrected chi connectivity index (χ1v) is 9.04. The molecule has 6 nitrogen and oxygen atoms in total. The number of aryl methyl sites for hydroxylation is 1. The lowest BCUT2D eigenvalue weighted by Crippen LogP contribution is -2.10. The van der Waals surface area contributed by atoms with E-state index in [2.05, 4.69) is 30.1 Å². The van der Waals surface area contributed by atoms with Crippen LogP contribution in [0.5, 0.6) is 0 Å². The molecule has 0 radical (unpaired) electrons. The minimum Gasteiger partial charge on any atom is -0.260 e. The first kappa shape index (κ1) is 16.3. The molecular formula is C16H16F2N6S. The third kappa shape index (κ3) is 3.77. The zero-order chi connectivity index (χ0) is 17.2. The standard InChI is InChI=1S/C16H16F2N6S/c17-11-4-3-9(6-12(11)18)10-7-13(10)23-25-5-1-2-15-19-8-14-16(20-15)22-24-21-14/h3-4,6,8,10,13,23H,1-2,5,7H2,(H,19,20,21,22,24)/t10-,13+/m0/s1. The summed E-state index contributed by atoms with van der Waals surface area (Å²) >= 11 is 1.65. The highest BCUT2D eigenvalue weighted by atomic mass is 32.2. The summed E-state index contributed by atoms with van der Waals surface area (Å²) in [6, 6.07) is 4.47. The quantitative estimate of drug-likeness (QED) is 0.497. The summed E-state index contributed by atoms with van der Waals surface area (Å²) in [5.74, 6) is 0.365. The van der Waals surface area contributed by atoms with Gasteiger partial charge >= 0.3 is 0 Å². The maximum Gasteiger partial charge on any atom is 0.204 e. The molecule has 0 spiro atoms. The number of hydrogen-bond donors (Lipinski definition) is 2. The SMILES string of the molecule is Fc1ccc([C@@H]2C[C@H]2NSCCCc2ncc3n[nH]nc3n2)cc1F. The summed E-state index contributed by atoms with van der Waals surface area (Å²) in [4.78, 5) is 8.60. The Morgan fingerprint density at radius 3 is 3.04 bits per heavy atom. The van der Waals surface area contributed by atoms with Crippen molar-refractivity contribution in [1.29, 1.82) is 0 Å². The first-order valence-electron chi connectivity index (χ1n) is 8.05. The molecule has 2 aromatic heterocycles. The maximum atomic E-state index is 13.3. The molecule has 1 saturated carbocycles. The lowest BCUT2D eigenvalue weighted by atomic mass is 10.1. The minimum atomic E-state index is -0.797. The van der Waals surface area contributed by atoms with E-state index in [1.165, 1.54) is 12.1 Å². The number of nitrogens with one attached hydrogen (secondary N) is 2. The number of H-pyrrole nitrogens is 1. The number of halogens is 2. The van der Waals surface area contributed by atoms with Gasteiger partial charge in [0.15, 0.2) is 11.6 Å². The van der Waals surface area contributed by atoms with Crippen LogP contribution in [0.3, 0.4) is 0 Å². The van der Waals surface area contributed by atoms with Gasteiger partial charge in [-0.05, 0) is 30.5 Å². The third-order valence-electron chi connectivity index (χ3n) is 4.17. The van der Waals surface area contributed by atoms with Gasteiger partial charge in [0.1, 0.15) is 11.3 Å². The van der Waals surface area contributed by atoms with E-state index < -0.39 is 11.6 Å². The Balaban J connectivity index is 1.18. The van der Waals surface area contributed by atoms with Crippen molar-refractivity contribution >= 4 is 23.1 Å². The fraction of sp³-hybridized carbons (Fsp3) is 0.375. The van der Waals surface area contributed by atoms with Crippen LogP contribution in [-0.2, 0) is 6.42 Å². The number of aromatic amines is 1. The molecule has 1 aromatic carbocycles. The molecule has 25 heavy (non-hydrogen) atoms. The minimum absolute atomic E-state index is 0.264. The van der Waals surface area contributed by atoms with Crippen LogP contribution in [0.4, 0.5) is 8.78 Å². The van der Waals surface area contributed by atoms with E-state index in [0.717, 1.165) is 36.4 Å². The molecule has 0 amide bonds. The molecule has 1 aliphatic carbocycles. The van der Waals surface area contributed by atoms with Crippen molar-refractivity contribution in [1.82, 2.24) is 30.1 Å². The second-order valence-corrected chi connectivity index (χ2v) is 6.94. The van der Waals surface area contributed by atoms with Crippen molar-refractivity contribution in [3.05, 3.63) is 47.4 Å². The van der Waals surface area contributed by atoms with E-state index in [0.29, 0.717) is 17.2 Å². The number of benzene rings is 1. The van der Waals surface area contributed by atoms with Crippen LogP contribution in [0.15, 0.2) is 24.4 Å². The molecule has 0 bridgehead atoms. The van der Waals surface area contributed by atoms with Crippen LogP contribution in [0.1, 0.15) is 30.1 Å². The molecule has 9 heteroatoms. The second kappa shape index (κ2) is 7.01. The van der Waals surface area contributed by atoms with E-state index >= 15 is 0 Å². The summed E-state index contributed by atoms with van der Waals surface area (Å²) in [7, 11) is 0. The normalized spacial score (nSPS) is 19.4. The van der Waals surface area contributed by atoms with Crippen molar-refractivity contribution in [3.8, 4) is 0 Å². The van der Waals surface area contributed by atoms with Crippen molar-refractivity contribution in [2.75, 3.05) is 5.75 Å². The Morgan fingerprint density at radius 1 is 1.24 bits per heavy atom. The summed E-state index contributed by atoms with van der Waals surface area (Å²) in [5.41, 5.74) is 2.10. The monoisotopic (exact) mass is 362 g/mol. The second-order valence-electron chi connectivity index (χ2n) is 6.01.